The van der Waals surface area contributed by atoms with Gasteiger partial charge in [0.2, 0.25) is 10.0 Å². The third kappa shape index (κ3) is 5.55. The van der Waals surface area contributed by atoms with Gasteiger partial charge in [-0.1, -0.05) is 12.1 Å². The maximum atomic E-state index is 12.0. The first kappa shape index (κ1) is 19.4. The first-order valence-electron chi connectivity index (χ1n) is 7.83. The normalized spacial score (nSPS) is 16.9. The summed E-state index contributed by atoms with van der Waals surface area (Å²) in [5, 5.41) is 19.2. The monoisotopic (exact) mass is 369 g/mol. The highest BCUT2D eigenvalue weighted by Gasteiger charge is 2.37. The van der Waals surface area contributed by atoms with E-state index in [9.17, 15) is 23.0 Å². The summed E-state index contributed by atoms with van der Waals surface area (Å²) in [6.45, 7) is 0.180. The quantitative estimate of drug-likeness (QED) is 0.448. The molecular weight excluding hydrogens is 349 g/mol. The Bertz CT molecular complexity index is 765. The number of carbonyl (C=O) groups excluding carboxylic acids is 1. The van der Waals surface area contributed by atoms with Crippen LogP contribution in [0.4, 0.5) is 0 Å². The van der Waals surface area contributed by atoms with Crippen LogP contribution in [-0.4, -0.2) is 50.2 Å². The van der Waals surface area contributed by atoms with Crippen LogP contribution in [0.1, 0.15) is 35.2 Å². The Morgan fingerprint density at radius 1 is 1.40 bits per heavy atom. The molecule has 25 heavy (non-hydrogen) atoms. The number of rotatable bonds is 8. The number of nitrogens with one attached hydrogen (secondary N) is 1. The number of carboxylic acids is 1. The average Bonchev–Trinajstić information content (AvgIpc) is 2.50. The second-order valence-electron chi connectivity index (χ2n) is 6.08. The van der Waals surface area contributed by atoms with Crippen molar-refractivity contribution in [3.05, 3.63) is 29.3 Å². The van der Waals surface area contributed by atoms with Gasteiger partial charge in [-0.3, -0.25) is 4.79 Å². The molecule has 136 valence electrons. The average molecular weight is 369 g/mol. The number of carboxylic acid groups (broad SMARTS) is 1. The Morgan fingerprint density at radius 3 is 2.76 bits per heavy atom. The highest BCUT2D eigenvalue weighted by Crippen LogP contribution is 2.36. The maximum absolute atomic E-state index is 12.0. The molecule has 3 N–H and O–H groups in total. The molecule has 1 aliphatic heterocycles. The summed E-state index contributed by atoms with van der Waals surface area (Å²) < 4.78 is 29.5. The van der Waals surface area contributed by atoms with Crippen molar-refractivity contribution in [2.45, 2.75) is 31.5 Å². The van der Waals surface area contributed by atoms with Crippen molar-refractivity contribution >= 4 is 28.9 Å². The van der Waals surface area contributed by atoms with Crippen molar-refractivity contribution in [2.24, 2.45) is 0 Å². The van der Waals surface area contributed by atoms with Gasteiger partial charge in [0, 0.05) is 25.2 Å². The summed E-state index contributed by atoms with van der Waals surface area (Å²) in [6.07, 6.45) is 2.03. The van der Waals surface area contributed by atoms with E-state index < -0.39 is 28.9 Å². The number of benzene rings is 1. The molecule has 0 saturated carbocycles. The molecule has 0 aromatic heterocycles. The minimum Gasteiger partial charge on any atom is -0.535 e. The Balaban J connectivity index is 1.93. The zero-order valence-electron chi connectivity index (χ0n) is 13.8. The first-order chi connectivity index (χ1) is 11.7. The summed E-state index contributed by atoms with van der Waals surface area (Å²) in [4.78, 5) is 23.2. The topological polar surface area (TPSA) is 130 Å². The fourth-order valence-electron chi connectivity index (χ4n) is 2.76. The Kier molecular flexibility index (Phi) is 6.20. The van der Waals surface area contributed by atoms with Crippen LogP contribution >= 0.6 is 0 Å². The number of para-hydroxylation sites is 1. The van der Waals surface area contributed by atoms with Crippen molar-refractivity contribution in [3.63, 3.8) is 0 Å². The van der Waals surface area contributed by atoms with Crippen molar-refractivity contribution in [3.8, 4) is 5.75 Å². The summed E-state index contributed by atoms with van der Waals surface area (Å²) in [7, 11) is -4.53. The van der Waals surface area contributed by atoms with Crippen molar-refractivity contribution < 1.29 is 32.8 Å². The molecule has 0 saturated heterocycles. The molecule has 1 aliphatic rings. The number of ketones is 1. The molecule has 1 aromatic carbocycles. The molecule has 0 amide bonds. The number of fused-ring (bicyclic) bond motifs is 1. The molecular formula is C15H20BNO7S. The summed E-state index contributed by atoms with van der Waals surface area (Å²) in [6, 6.07) is 4.70. The number of aromatic carboxylic acids is 1. The minimum absolute atomic E-state index is 0.0202. The lowest BCUT2D eigenvalue weighted by Gasteiger charge is -2.28. The minimum atomic E-state index is -3.27. The number of hydrogen-bond donors (Lipinski definition) is 3. The van der Waals surface area contributed by atoms with E-state index in [1.165, 1.54) is 6.07 Å². The molecule has 0 radical (unpaired) electrons. The van der Waals surface area contributed by atoms with Crippen molar-refractivity contribution in [1.29, 1.82) is 0 Å². The van der Waals surface area contributed by atoms with Gasteiger partial charge in [0.05, 0.1) is 11.8 Å². The molecule has 2 rings (SSSR count). The van der Waals surface area contributed by atoms with E-state index >= 15 is 0 Å². The molecule has 10 heteroatoms. The maximum Gasteiger partial charge on any atom is 0.526 e. The molecule has 0 bridgehead atoms. The molecule has 0 aliphatic carbocycles. The van der Waals surface area contributed by atoms with Crippen LogP contribution in [0, 0.1) is 0 Å². The zero-order chi connectivity index (χ0) is 18.6. The lowest BCUT2D eigenvalue weighted by Crippen LogP contribution is -2.35. The third-order valence-electron chi connectivity index (χ3n) is 3.94. The van der Waals surface area contributed by atoms with E-state index in [0.29, 0.717) is 18.4 Å². The predicted molar refractivity (Wildman–Crippen MR) is 91.2 cm³/mol. The van der Waals surface area contributed by atoms with Crippen LogP contribution in [0.15, 0.2) is 18.2 Å². The zero-order valence-corrected chi connectivity index (χ0v) is 14.6. The second-order valence-corrected chi connectivity index (χ2v) is 7.92. The van der Waals surface area contributed by atoms with Gasteiger partial charge in [0.15, 0.2) is 0 Å². The van der Waals surface area contributed by atoms with Gasteiger partial charge in [-0.05, 0) is 24.5 Å². The lowest BCUT2D eigenvalue weighted by atomic mass is 9.64. The first-order valence-corrected chi connectivity index (χ1v) is 9.73. The standard InChI is InChI=1S/C15H20BNO7S/c1-25(22,23)17-7-3-5-12(18)9-11-8-10-4-2-6-13(15(19)20)14(10)24-16(11)21/h2,4,6,11,17,21H,3,5,7-9H2,1H3,(H,19,20)/t11-/m1/s1. The van der Waals surface area contributed by atoms with Gasteiger partial charge in [0.1, 0.15) is 11.5 Å². The third-order valence-corrected chi connectivity index (χ3v) is 4.67. The van der Waals surface area contributed by atoms with Gasteiger partial charge in [0.25, 0.3) is 0 Å². The second kappa shape index (κ2) is 7.98. The van der Waals surface area contributed by atoms with Crippen LogP contribution in [0.25, 0.3) is 0 Å². The largest absolute Gasteiger partial charge is 0.535 e. The fraction of sp³-hybridized carbons (Fsp3) is 0.467. The highest BCUT2D eigenvalue weighted by atomic mass is 32.2. The van der Waals surface area contributed by atoms with Gasteiger partial charge in [-0.2, -0.15) is 0 Å². The van der Waals surface area contributed by atoms with Gasteiger partial charge in [-0.25, -0.2) is 17.9 Å². The molecule has 1 atom stereocenters. The Labute approximate surface area is 146 Å². The number of Topliss-reactive ketones (excluding diaryl/α,β-unsaturated/α-hetero) is 1. The van der Waals surface area contributed by atoms with E-state index in [1.54, 1.807) is 12.1 Å². The van der Waals surface area contributed by atoms with Crippen LogP contribution < -0.4 is 9.38 Å². The van der Waals surface area contributed by atoms with Gasteiger partial charge in [-0.15, -0.1) is 0 Å². The summed E-state index contributed by atoms with van der Waals surface area (Å²) in [5.74, 6) is -1.58. The Hall–Kier alpha value is -1.91. The lowest BCUT2D eigenvalue weighted by molar-refractivity contribution is -0.119. The van der Waals surface area contributed by atoms with Gasteiger partial charge >= 0.3 is 13.1 Å². The van der Waals surface area contributed by atoms with Crippen LogP contribution in [-0.2, 0) is 21.2 Å². The van der Waals surface area contributed by atoms with E-state index in [1.807, 2.05) is 0 Å². The smallest absolute Gasteiger partial charge is 0.526 e. The number of carbonyl (C=O) groups is 2. The SMILES string of the molecule is CS(=O)(=O)NCCCC(=O)C[C@H]1Cc2cccc(C(=O)O)c2OB1O. The highest BCUT2D eigenvalue weighted by molar-refractivity contribution is 7.88. The molecule has 8 nitrogen and oxygen atoms in total. The summed E-state index contributed by atoms with van der Waals surface area (Å²) >= 11 is 0. The van der Waals surface area contributed by atoms with Crippen LogP contribution in [0.3, 0.4) is 0 Å². The van der Waals surface area contributed by atoms with E-state index in [-0.39, 0.29) is 36.5 Å². The molecule has 0 fully saturated rings. The number of hydrogen-bond acceptors (Lipinski definition) is 6. The molecule has 1 aromatic rings. The van der Waals surface area contributed by atoms with E-state index in [2.05, 4.69) is 4.72 Å². The number of sulfonamides is 1. The van der Waals surface area contributed by atoms with Gasteiger partial charge < -0.3 is 14.8 Å². The molecule has 0 unspecified atom stereocenters. The predicted octanol–water partition coefficient (Wildman–Crippen LogP) is 0.459. The van der Waals surface area contributed by atoms with Crippen LogP contribution in [0.5, 0.6) is 5.75 Å². The van der Waals surface area contributed by atoms with Crippen molar-refractivity contribution in [2.75, 3.05) is 12.8 Å². The van der Waals surface area contributed by atoms with E-state index in [0.717, 1.165) is 6.26 Å². The van der Waals surface area contributed by atoms with E-state index in [4.69, 9.17) is 9.76 Å². The fourth-order valence-corrected chi connectivity index (χ4v) is 3.28. The molecule has 1 heterocycles. The summed E-state index contributed by atoms with van der Waals surface area (Å²) in [5.41, 5.74) is 0.620. The Morgan fingerprint density at radius 2 is 2.12 bits per heavy atom. The van der Waals surface area contributed by atoms with Crippen molar-refractivity contribution in [1.82, 2.24) is 4.72 Å². The van der Waals surface area contributed by atoms with Crippen LogP contribution in [0.2, 0.25) is 5.82 Å². The molecule has 0 spiro atoms.